The van der Waals surface area contributed by atoms with Gasteiger partial charge in [-0.15, -0.1) is 0 Å². The number of hydrogen-bond donors (Lipinski definition) is 9. The van der Waals surface area contributed by atoms with Crippen LogP contribution in [-0.4, -0.2) is 164 Å². The molecule has 0 unspecified atom stereocenters. The van der Waals surface area contributed by atoms with E-state index < -0.39 is 116 Å². The summed E-state index contributed by atoms with van der Waals surface area (Å²) >= 11 is 0. The highest BCUT2D eigenvalue weighted by Gasteiger charge is 2.57. The van der Waals surface area contributed by atoms with Crippen LogP contribution in [0.1, 0.15) is 20.8 Å². The summed E-state index contributed by atoms with van der Waals surface area (Å²) in [5.74, 6) is -4.21. The molecule has 41 heavy (non-hydrogen) atoms. The molecular formula is C23H37NO17. The van der Waals surface area contributed by atoms with Crippen LogP contribution in [0.25, 0.3) is 0 Å². The second kappa shape index (κ2) is 12.5. The predicted octanol–water partition coefficient (Wildman–Crippen LogP) is -5.54. The van der Waals surface area contributed by atoms with E-state index in [4.69, 9.17) is 33.2 Å². The molecule has 1 amide bonds. The van der Waals surface area contributed by atoms with Crippen LogP contribution in [0.4, 0.5) is 0 Å². The summed E-state index contributed by atoms with van der Waals surface area (Å²) in [6.45, 7) is 2.53. The normalized spacial score (nSPS) is 50.5. The zero-order chi connectivity index (χ0) is 30.4. The molecule has 0 aromatic heterocycles. The topological polar surface area (TPSA) is 273 Å². The molecule has 0 bridgehead atoms. The average molecular weight is 600 g/mol. The molecule has 9 N–H and O–H groups in total. The quantitative estimate of drug-likeness (QED) is 0.132. The van der Waals surface area contributed by atoms with E-state index in [2.05, 4.69) is 5.32 Å². The molecule has 4 rings (SSSR count). The minimum Gasteiger partial charge on any atom is -0.477 e. The van der Waals surface area contributed by atoms with Gasteiger partial charge >= 0.3 is 5.97 Å². The number of amides is 1. The van der Waals surface area contributed by atoms with Crippen molar-refractivity contribution in [2.45, 2.75) is 119 Å². The first-order valence-corrected chi connectivity index (χ1v) is 13.0. The number of aliphatic hydroxyl groups excluding tert-OH is 7. The monoisotopic (exact) mass is 599 g/mol. The fourth-order valence-electron chi connectivity index (χ4n) is 5.20. The van der Waals surface area contributed by atoms with Gasteiger partial charge in [-0.05, 0) is 6.92 Å². The number of carboxylic acid groups (broad SMARTS) is 1. The molecule has 18 heteroatoms. The molecule has 236 valence electrons. The number of aliphatic hydroxyl groups is 7. The van der Waals surface area contributed by atoms with Crippen LogP contribution in [-0.2, 0) is 42.7 Å². The first-order valence-electron chi connectivity index (χ1n) is 13.0. The van der Waals surface area contributed by atoms with E-state index in [0.29, 0.717) is 0 Å². The second-order valence-corrected chi connectivity index (χ2v) is 10.5. The van der Waals surface area contributed by atoms with Gasteiger partial charge in [-0.3, -0.25) is 4.79 Å². The molecule has 0 aliphatic carbocycles. The van der Waals surface area contributed by atoms with Gasteiger partial charge in [-0.2, -0.15) is 0 Å². The van der Waals surface area contributed by atoms with E-state index in [9.17, 15) is 50.4 Å². The first kappa shape index (κ1) is 32.3. The third-order valence-electron chi connectivity index (χ3n) is 7.52. The van der Waals surface area contributed by atoms with Crippen molar-refractivity contribution in [2.75, 3.05) is 13.2 Å². The molecule has 4 aliphatic rings. The summed E-state index contributed by atoms with van der Waals surface area (Å²) in [7, 11) is 0. The summed E-state index contributed by atoms with van der Waals surface area (Å²) < 4.78 is 38.7. The Morgan fingerprint density at radius 1 is 0.902 bits per heavy atom. The summed E-state index contributed by atoms with van der Waals surface area (Å²) in [5.41, 5.74) is 0. The number of nitrogens with one attached hydrogen (secondary N) is 1. The standard InChI is InChI=1S/C23H37NO17/c1-6-16(13(29)14(30)19(32)36-6)39-21-15(31)18(11(27)8(4-25)37-21)40-20-10(24-7(2)26)12(28)17-9(38-20)5-35-23(3,41-17)22(33)34/h6,8-21,25,27-32H,4-5H2,1-3H3,(H,24,26)(H,33,34)/t6-,8+,9+,10+,11-,12+,13-,14+,15+,16-,17-,18-,19-,20-,21+,23-/m0/s1. The van der Waals surface area contributed by atoms with Crippen molar-refractivity contribution in [3.8, 4) is 0 Å². The van der Waals surface area contributed by atoms with Gasteiger partial charge in [0.2, 0.25) is 5.91 Å². The molecule has 16 atom stereocenters. The molecule has 0 radical (unpaired) electrons. The summed E-state index contributed by atoms with van der Waals surface area (Å²) in [5, 5.41) is 84.8. The Labute approximate surface area is 233 Å². The highest BCUT2D eigenvalue weighted by atomic mass is 16.8. The maximum Gasteiger partial charge on any atom is 0.364 e. The Balaban J connectivity index is 1.55. The number of rotatable bonds is 7. The minimum atomic E-state index is -2.11. The Hall–Kier alpha value is -1.62. The number of ether oxygens (including phenoxy) is 7. The van der Waals surface area contributed by atoms with Crippen LogP contribution in [0.5, 0.6) is 0 Å². The first-order chi connectivity index (χ1) is 19.2. The number of hydrogen-bond acceptors (Lipinski definition) is 16. The van der Waals surface area contributed by atoms with Crippen LogP contribution in [0, 0.1) is 0 Å². The summed E-state index contributed by atoms with van der Waals surface area (Å²) in [6, 6.07) is -1.40. The fourth-order valence-corrected chi connectivity index (χ4v) is 5.20. The van der Waals surface area contributed by atoms with Crippen LogP contribution >= 0.6 is 0 Å². The van der Waals surface area contributed by atoms with Gasteiger partial charge in [0.15, 0.2) is 18.9 Å². The van der Waals surface area contributed by atoms with E-state index in [0.717, 1.165) is 13.8 Å². The van der Waals surface area contributed by atoms with Crippen molar-refractivity contribution < 1.29 is 83.6 Å². The van der Waals surface area contributed by atoms with Crippen LogP contribution in [0.2, 0.25) is 0 Å². The minimum absolute atomic E-state index is 0.368. The van der Waals surface area contributed by atoms with Gasteiger partial charge in [0.1, 0.15) is 67.1 Å². The van der Waals surface area contributed by atoms with Crippen molar-refractivity contribution in [3.63, 3.8) is 0 Å². The third-order valence-corrected chi connectivity index (χ3v) is 7.52. The van der Waals surface area contributed by atoms with E-state index in [1.165, 1.54) is 6.92 Å². The lowest BCUT2D eigenvalue weighted by molar-refractivity contribution is -0.390. The lowest BCUT2D eigenvalue weighted by Crippen LogP contribution is -2.71. The maximum atomic E-state index is 12.0. The summed E-state index contributed by atoms with van der Waals surface area (Å²) in [6.07, 6.45) is -21.4. The van der Waals surface area contributed by atoms with Crippen molar-refractivity contribution in [1.29, 1.82) is 0 Å². The highest BCUT2D eigenvalue weighted by Crippen LogP contribution is 2.36. The SMILES string of the molecule is CC(=O)N[C@H]1[C@H](O[C@H]2[C@@H](O)[C@@H](CO)O[C@H](O[C@@H]3[C@@H](O)[C@@H](O)[C@@H](O)O[C@H]3C)[C@@H]2O)O[C@@H]2CO[C@](C)(C(=O)O)O[C@@H]2[C@@H]1O. The zero-order valence-electron chi connectivity index (χ0n) is 22.3. The van der Waals surface area contributed by atoms with Gasteiger partial charge < -0.3 is 79.3 Å². The molecule has 4 heterocycles. The second-order valence-electron chi connectivity index (χ2n) is 10.5. The van der Waals surface area contributed by atoms with Crippen molar-refractivity contribution >= 4 is 11.9 Å². The molecule has 4 aliphatic heterocycles. The molecule has 4 saturated heterocycles. The summed E-state index contributed by atoms with van der Waals surface area (Å²) in [4.78, 5) is 23.6. The van der Waals surface area contributed by atoms with E-state index in [-0.39, 0.29) is 6.61 Å². The Kier molecular flexibility index (Phi) is 9.88. The Morgan fingerprint density at radius 2 is 1.56 bits per heavy atom. The molecular weight excluding hydrogens is 562 g/mol. The third kappa shape index (κ3) is 6.36. The molecule has 0 saturated carbocycles. The number of fused-ring (bicyclic) bond motifs is 1. The van der Waals surface area contributed by atoms with Crippen LogP contribution in [0.15, 0.2) is 0 Å². The van der Waals surface area contributed by atoms with Gasteiger partial charge in [0.25, 0.3) is 5.79 Å². The predicted molar refractivity (Wildman–Crippen MR) is 125 cm³/mol. The lowest BCUT2D eigenvalue weighted by Gasteiger charge is -2.51. The molecule has 0 aromatic carbocycles. The van der Waals surface area contributed by atoms with Crippen molar-refractivity contribution in [3.05, 3.63) is 0 Å². The average Bonchev–Trinajstić information content (AvgIpc) is 2.91. The molecule has 4 fully saturated rings. The molecule has 0 aromatic rings. The van der Waals surface area contributed by atoms with Crippen LogP contribution in [0.3, 0.4) is 0 Å². The maximum absolute atomic E-state index is 12.0. The number of carbonyl (C=O) groups excluding carboxylic acids is 1. The lowest BCUT2D eigenvalue weighted by atomic mass is 9.94. The van der Waals surface area contributed by atoms with E-state index >= 15 is 0 Å². The smallest absolute Gasteiger partial charge is 0.364 e. The fraction of sp³-hybridized carbons (Fsp3) is 0.913. The van der Waals surface area contributed by atoms with Gasteiger partial charge in [-0.1, -0.05) is 0 Å². The zero-order valence-corrected chi connectivity index (χ0v) is 22.3. The number of carboxylic acids is 1. The van der Waals surface area contributed by atoms with E-state index in [1.54, 1.807) is 0 Å². The largest absolute Gasteiger partial charge is 0.477 e. The van der Waals surface area contributed by atoms with Gasteiger partial charge in [0, 0.05) is 13.8 Å². The number of aliphatic carboxylic acids is 1. The Morgan fingerprint density at radius 3 is 2.17 bits per heavy atom. The molecule has 18 nitrogen and oxygen atoms in total. The van der Waals surface area contributed by atoms with E-state index in [1.807, 2.05) is 0 Å². The van der Waals surface area contributed by atoms with Gasteiger partial charge in [0.05, 0.1) is 19.3 Å². The molecule has 0 spiro atoms. The highest BCUT2D eigenvalue weighted by molar-refractivity contribution is 5.75. The van der Waals surface area contributed by atoms with Crippen molar-refractivity contribution in [1.82, 2.24) is 5.32 Å². The Bertz CT molecular complexity index is 942. The number of carbonyl (C=O) groups is 2. The van der Waals surface area contributed by atoms with Crippen molar-refractivity contribution in [2.24, 2.45) is 0 Å². The van der Waals surface area contributed by atoms with Gasteiger partial charge in [-0.25, -0.2) is 4.79 Å². The van der Waals surface area contributed by atoms with Crippen LogP contribution < -0.4 is 5.32 Å².